The summed E-state index contributed by atoms with van der Waals surface area (Å²) in [7, 11) is 0. The Hall–Kier alpha value is -1.13. The van der Waals surface area contributed by atoms with Crippen LogP contribution in [0.1, 0.15) is 33.6 Å². The van der Waals surface area contributed by atoms with Gasteiger partial charge in [0.05, 0.1) is 24.4 Å². The van der Waals surface area contributed by atoms with E-state index in [0.29, 0.717) is 5.92 Å². The minimum atomic E-state index is -0.610. The number of aliphatic hydroxyl groups is 1. The third kappa shape index (κ3) is 5.17. The van der Waals surface area contributed by atoms with Crippen LogP contribution in [0, 0.1) is 5.92 Å². The maximum Gasteiger partial charge on any atom is 0.244 e. The van der Waals surface area contributed by atoms with Crippen LogP contribution < -0.4 is 5.32 Å². The molecule has 1 rings (SSSR count). The summed E-state index contributed by atoms with van der Waals surface area (Å²) in [6, 6.07) is 0.0159. The van der Waals surface area contributed by atoms with E-state index < -0.39 is 6.10 Å². The Kier molecular flexibility index (Phi) is 6.25. The SMILES string of the molecule is C=CC[C@@H]1O[C@H](C)[C@H](NC(=O)/C=C\[C@H](C)O)C[C@@H]1C. The van der Waals surface area contributed by atoms with E-state index in [1.807, 2.05) is 13.0 Å². The molecule has 0 aromatic heterocycles. The van der Waals surface area contributed by atoms with Gasteiger partial charge < -0.3 is 15.2 Å². The highest BCUT2D eigenvalue weighted by molar-refractivity contribution is 5.87. The maximum absolute atomic E-state index is 11.7. The molecule has 1 saturated heterocycles. The van der Waals surface area contributed by atoms with Gasteiger partial charge in [-0.3, -0.25) is 4.79 Å². The lowest BCUT2D eigenvalue weighted by atomic mass is 9.88. The van der Waals surface area contributed by atoms with Gasteiger partial charge in [-0.25, -0.2) is 0 Å². The monoisotopic (exact) mass is 267 g/mol. The van der Waals surface area contributed by atoms with E-state index in [4.69, 9.17) is 9.84 Å². The predicted octanol–water partition coefficient (Wildman–Crippen LogP) is 1.80. The molecule has 0 aliphatic carbocycles. The molecule has 4 nitrogen and oxygen atoms in total. The van der Waals surface area contributed by atoms with Gasteiger partial charge in [0.1, 0.15) is 0 Å². The summed E-state index contributed by atoms with van der Waals surface area (Å²) in [5.41, 5.74) is 0. The molecule has 1 aliphatic rings. The lowest BCUT2D eigenvalue weighted by Gasteiger charge is -2.39. The molecule has 1 heterocycles. The highest BCUT2D eigenvalue weighted by Gasteiger charge is 2.33. The second-order valence-corrected chi connectivity index (χ2v) is 5.33. The average molecular weight is 267 g/mol. The first kappa shape index (κ1) is 15.9. The molecule has 0 unspecified atom stereocenters. The lowest BCUT2D eigenvalue weighted by Crippen LogP contribution is -2.50. The zero-order valence-corrected chi connectivity index (χ0v) is 12.0. The van der Waals surface area contributed by atoms with Crippen molar-refractivity contribution in [2.24, 2.45) is 5.92 Å². The number of hydrogen-bond acceptors (Lipinski definition) is 3. The van der Waals surface area contributed by atoms with E-state index in [-0.39, 0.29) is 24.2 Å². The molecule has 0 spiro atoms. The zero-order valence-electron chi connectivity index (χ0n) is 12.0. The molecule has 0 radical (unpaired) electrons. The van der Waals surface area contributed by atoms with Gasteiger partial charge in [-0.1, -0.05) is 19.1 Å². The molecule has 0 aromatic rings. The largest absolute Gasteiger partial charge is 0.389 e. The van der Waals surface area contributed by atoms with Crippen molar-refractivity contribution in [3.8, 4) is 0 Å². The Balaban J connectivity index is 2.51. The first-order valence-electron chi connectivity index (χ1n) is 6.87. The molecule has 1 fully saturated rings. The van der Waals surface area contributed by atoms with Gasteiger partial charge in [0.2, 0.25) is 5.91 Å². The van der Waals surface area contributed by atoms with Gasteiger partial charge in [-0.05, 0) is 32.6 Å². The number of ether oxygens (including phenoxy) is 1. The van der Waals surface area contributed by atoms with Gasteiger partial charge in [0, 0.05) is 6.08 Å². The van der Waals surface area contributed by atoms with Gasteiger partial charge >= 0.3 is 0 Å². The molecule has 0 bridgehead atoms. The Morgan fingerprint density at radius 1 is 1.58 bits per heavy atom. The van der Waals surface area contributed by atoms with Crippen molar-refractivity contribution in [1.29, 1.82) is 0 Å². The average Bonchev–Trinajstić information content (AvgIpc) is 2.33. The summed E-state index contributed by atoms with van der Waals surface area (Å²) in [5, 5.41) is 12.0. The normalized spacial score (nSPS) is 33.1. The number of aliphatic hydroxyl groups excluding tert-OH is 1. The van der Waals surface area contributed by atoms with E-state index in [2.05, 4.69) is 18.8 Å². The van der Waals surface area contributed by atoms with Crippen LogP contribution in [0.2, 0.25) is 0 Å². The van der Waals surface area contributed by atoms with Gasteiger partial charge in [-0.15, -0.1) is 6.58 Å². The topological polar surface area (TPSA) is 58.6 Å². The highest BCUT2D eigenvalue weighted by Crippen LogP contribution is 2.27. The minimum Gasteiger partial charge on any atom is -0.389 e. The number of hydrogen-bond donors (Lipinski definition) is 2. The van der Waals surface area contributed by atoms with Crippen molar-refractivity contribution in [3.05, 3.63) is 24.8 Å². The van der Waals surface area contributed by atoms with Crippen molar-refractivity contribution in [1.82, 2.24) is 5.32 Å². The van der Waals surface area contributed by atoms with Crippen LogP contribution in [0.4, 0.5) is 0 Å². The number of nitrogens with one attached hydrogen (secondary N) is 1. The maximum atomic E-state index is 11.7. The smallest absolute Gasteiger partial charge is 0.244 e. The third-order valence-corrected chi connectivity index (χ3v) is 3.47. The second-order valence-electron chi connectivity index (χ2n) is 5.33. The Bertz CT molecular complexity index is 338. The highest BCUT2D eigenvalue weighted by atomic mass is 16.5. The number of carbonyl (C=O) groups is 1. The third-order valence-electron chi connectivity index (χ3n) is 3.47. The lowest BCUT2D eigenvalue weighted by molar-refractivity contribution is -0.123. The van der Waals surface area contributed by atoms with Gasteiger partial charge in [-0.2, -0.15) is 0 Å². The van der Waals surface area contributed by atoms with Crippen molar-refractivity contribution < 1.29 is 14.6 Å². The number of amides is 1. The van der Waals surface area contributed by atoms with Crippen LogP contribution in [0.25, 0.3) is 0 Å². The van der Waals surface area contributed by atoms with Crippen LogP contribution in [0.5, 0.6) is 0 Å². The summed E-state index contributed by atoms with van der Waals surface area (Å²) < 4.78 is 5.92. The Morgan fingerprint density at radius 2 is 2.26 bits per heavy atom. The molecule has 19 heavy (non-hydrogen) atoms. The molecule has 0 aromatic carbocycles. The van der Waals surface area contributed by atoms with Gasteiger partial charge in [0.15, 0.2) is 0 Å². The number of rotatable bonds is 5. The fourth-order valence-electron chi connectivity index (χ4n) is 2.33. The fraction of sp³-hybridized carbons (Fsp3) is 0.667. The van der Waals surface area contributed by atoms with Crippen LogP contribution in [-0.4, -0.2) is 35.4 Å². The van der Waals surface area contributed by atoms with E-state index in [9.17, 15) is 4.79 Å². The number of carbonyl (C=O) groups excluding carboxylic acids is 1. The molecule has 0 saturated carbocycles. The second kappa shape index (κ2) is 7.46. The molecule has 108 valence electrons. The van der Waals surface area contributed by atoms with Crippen molar-refractivity contribution >= 4 is 5.91 Å². The fourth-order valence-corrected chi connectivity index (χ4v) is 2.33. The van der Waals surface area contributed by atoms with Gasteiger partial charge in [0.25, 0.3) is 0 Å². The molecule has 4 heteroatoms. The minimum absolute atomic E-state index is 0.00921. The standard InChI is InChI=1S/C15H25NO3/c1-5-6-14-10(2)9-13(12(4)19-14)16-15(18)8-7-11(3)17/h5,7-8,10-14,17H,1,6,9H2,2-4H3,(H,16,18)/b8-7-/t10-,11-,12+,13+,14-/m0/s1. The van der Waals surface area contributed by atoms with Crippen LogP contribution >= 0.6 is 0 Å². The molecule has 5 atom stereocenters. The summed E-state index contributed by atoms with van der Waals surface area (Å²) in [5.74, 6) is 0.205. The summed E-state index contributed by atoms with van der Waals surface area (Å²) in [4.78, 5) is 11.7. The first-order valence-corrected chi connectivity index (χ1v) is 6.87. The Morgan fingerprint density at radius 3 is 2.84 bits per heavy atom. The van der Waals surface area contributed by atoms with Crippen LogP contribution in [0.15, 0.2) is 24.8 Å². The van der Waals surface area contributed by atoms with Crippen LogP contribution in [0.3, 0.4) is 0 Å². The first-order chi connectivity index (χ1) is 8.93. The Labute approximate surface area is 115 Å². The van der Waals surface area contributed by atoms with Crippen molar-refractivity contribution in [3.63, 3.8) is 0 Å². The van der Waals surface area contributed by atoms with E-state index in [1.165, 1.54) is 12.2 Å². The summed E-state index contributed by atoms with van der Waals surface area (Å²) in [6.45, 7) is 9.46. The molecule has 1 aliphatic heterocycles. The quantitative estimate of drug-likeness (QED) is 0.590. The van der Waals surface area contributed by atoms with E-state index in [1.54, 1.807) is 6.92 Å². The molecule has 1 amide bonds. The van der Waals surface area contributed by atoms with Crippen molar-refractivity contribution in [2.75, 3.05) is 0 Å². The molecule has 2 N–H and O–H groups in total. The van der Waals surface area contributed by atoms with Crippen molar-refractivity contribution in [2.45, 2.75) is 58.0 Å². The summed E-state index contributed by atoms with van der Waals surface area (Å²) in [6.07, 6.45) is 6.02. The summed E-state index contributed by atoms with van der Waals surface area (Å²) >= 11 is 0. The molecular weight excluding hydrogens is 242 g/mol. The van der Waals surface area contributed by atoms with Crippen LogP contribution in [-0.2, 0) is 9.53 Å². The van der Waals surface area contributed by atoms with E-state index in [0.717, 1.165) is 12.8 Å². The predicted molar refractivity (Wildman–Crippen MR) is 75.7 cm³/mol. The zero-order chi connectivity index (χ0) is 14.4. The molecular formula is C15H25NO3. The van der Waals surface area contributed by atoms with E-state index >= 15 is 0 Å².